The number of nitrogens with one attached hydrogen (secondary N) is 1. The third-order valence-electron chi connectivity index (χ3n) is 5.92. The largest absolute Gasteiger partial charge is 0.501 e. The van der Waals surface area contributed by atoms with Gasteiger partial charge in [0.2, 0.25) is 17.7 Å². The SMILES string of the molecule is COc1ccc(S(=O)(=O)C(F)(F)F)cc1NC(=O)CN1C(=O)C2C3C=CC(C3)C2C1=O. The second-order valence-electron chi connectivity index (χ2n) is 7.62. The van der Waals surface area contributed by atoms with Crippen LogP contribution in [0.2, 0.25) is 0 Å². The first-order valence-electron chi connectivity index (χ1n) is 9.28. The smallest absolute Gasteiger partial charge is 0.495 e. The van der Waals surface area contributed by atoms with Gasteiger partial charge in [-0.3, -0.25) is 19.3 Å². The van der Waals surface area contributed by atoms with E-state index in [4.69, 9.17) is 4.74 Å². The summed E-state index contributed by atoms with van der Waals surface area (Å²) in [5.41, 5.74) is -5.86. The van der Waals surface area contributed by atoms with Crippen LogP contribution in [0.3, 0.4) is 0 Å². The number of methoxy groups -OCH3 is 1. The fraction of sp³-hybridized carbons (Fsp3) is 0.421. The lowest BCUT2D eigenvalue weighted by molar-refractivity contribution is -0.143. The zero-order chi connectivity index (χ0) is 22.7. The molecule has 1 aliphatic heterocycles. The topological polar surface area (TPSA) is 110 Å². The molecule has 1 aromatic carbocycles. The summed E-state index contributed by atoms with van der Waals surface area (Å²) < 4.78 is 66.8. The molecule has 4 rings (SSSR count). The van der Waals surface area contributed by atoms with Crippen LogP contribution in [0.1, 0.15) is 6.42 Å². The van der Waals surface area contributed by atoms with Crippen molar-refractivity contribution in [3.63, 3.8) is 0 Å². The number of amides is 3. The molecule has 1 saturated carbocycles. The van der Waals surface area contributed by atoms with E-state index in [0.29, 0.717) is 12.1 Å². The monoisotopic (exact) mass is 458 g/mol. The van der Waals surface area contributed by atoms with Crippen LogP contribution in [0.25, 0.3) is 0 Å². The van der Waals surface area contributed by atoms with E-state index in [-0.39, 0.29) is 23.3 Å². The second kappa shape index (κ2) is 7.08. The maximum Gasteiger partial charge on any atom is 0.501 e. The van der Waals surface area contributed by atoms with Gasteiger partial charge in [-0.25, -0.2) is 8.42 Å². The zero-order valence-corrected chi connectivity index (χ0v) is 16.9. The number of carbonyl (C=O) groups is 3. The Morgan fingerprint density at radius 3 is 2.26 bits per heavy atom. The zero-order valence-electron chi connectivity index (χ0n) is 16.0. The molecule has 4 unspecified atom stereocenters. The summed E-state index contributed by atoms with van der Waals surface area (Å²) in [5.74, 6) is -2.94. The van der Waals surface area contributed by atoms with Crippen molar-refractivity contribution in [2.45, 2.75) is 16.8 Å². The average Bonchev–Trinajstić information content (AvgIpc) is 3.37. The van der Waals surface area contributed by atoms with E-state index >= 15 is 0 Å². The number of benzene rings is 1. The molecular weight excluding hydrogens is 441 g/mol. The highest BCUT2D eigenvalue weighted by atomic mass is 32.2. The highest BCUT2D eigenvalue weighted by Crippen LogP contribution is 2.52. The Balaban J connectivity index is 1.53. The number of hydrogen-bond donors (Lipinski definition) is 1. The molecule has 31 heavy (non-hydrogen) atoms. The molecule has 1 aromatic rings. The average molecular weight is 458 g/mol. The highest BCUT2D eigenvalue weighted by Gasteiger charge is 2.59. The fourth-order valence-electron chi connectivity index (χ4n) is 4.54. The Kier molecular flexibility index (Phi) is 4.87. The first-order valence-corrected chi connectivity index (χ1v) is 10.8. The lowest BCUT2D eigenvalue weighted by Gasteiger charge is -2.18. The number of sulfone groups is 1. The highest BCUT2D eigenvalue weighted by molar-refractivity contribution is 7.92. The van der Waals surface area contributed by atoms with E-state index in [1.165, 1.54) is 7.11 Å². The molecule has 166 valence electrons. The Hall–Kier alpha value is -2.89. The number of halogens is 3. The van der Waals surface area contributed by atoms with Crippen molar-refractivity contribution in [1.82, 2.24) is 4.90 Å². The number of likely N-dealkylation sites (tertiary alicyclic amines) is 1. The van der Waals surface area contributed by atoms with Gasteiger partial charge in [-0.2, -0.15) is 13.2 Å². The van der Waals surface area contributed by atoms with Gasteiger partial charge in [-0.05, 0) is 36.5 Å². The number of nitrogens with zero attached hydrogens (tertiary/aromatic N) is 1. The third kappa shape index (κ3) is 3.29. The molecule has 8 nitrogen and oxygen atoms in total. The minimum absolute atomic E-state index is 0.0381. The molecule has 2 bridgehead atoms. The molecule has 0 spiro atoms. The maximum absolute atomic E-state index is 12.8. The molecule has 0 radical (unpaired) electrons. The van der Waals surface area contributed by atoms with Crippen LogP contribution >= 0.6 is 0 Å². The molecule has 2 fully saturated rings. The second-order valence-corrected chi connectivity index (χ2v) is 9.56. The number of carbonyl (C=O) groups excluding carboxylic acids is 3. The van der Waals surface area contributed by atoms with Crippen LogP contribution in [-0.4, -0.2) is 50.2 Å². The van der Waals surface area contributed by atoms with Crippen molar-refractivity contribution in [2.75, 3.05) is 19.0 Å². The van der Waals surface area contributed by atoms with Crippen molar-refractivity contribution < 1.29 is 40.7 Å². The first-order chi connectivity index (χ1) is 14.5. The standard InChI is InChI=1S/C19H17F3N2O6S/c1-30-13-5-4-11(31(28,29)19(20,21)22)7-12(13)23-14(25)8-24-17(26)15-9-2-3-10(6-9)16(15)18(24)27/h2-5,7,9-10,15-16H,6,8H2,1H3,(H,23,25). The van der Waals surface area contributed by atoms with Gasteiger partial charge in [0.15, 0.2) is 0 Å². The Labute approximate surface area is 174 Å². The van der Waals surface area contributed by atoms with Crippen molar-refractivity contribution in [3.8, 4) is 5.75 Å². The van der Waals surface area contributed by atoms with Crippen LogP contribution < -0.4 is 10.1 Å². The van der Waals surface area contributed by atoms with E-state index in [9.17, 15) is 36.0 Å². The van der Waals surface area contributed by atoms with Gasteiger partial charge in [0.1, 0.15) is 12.3 Å². The summed E-state index contributed by atoms with van der Waals surface area (Å²) in [6.45, 7) is -0.635. The number of ether oxygens (including phenoxy) is 1. The van der Waals surface area contributed by atoms with Crippen molar-refractivity contribution in [1.29, 1.82) is 0 Å². The molecule has 3 aliphatic rings. The Morgan fingerprint density at radius 1 is 1.16 bits per heavy atom. The van der Waals surface area contributed by atoms with E-state index in [1.807, 2.05) is 12.2 Å². The number of anilines is 1. The predicted octanol–water partition coefficient (Wildman–Crippen LogP) is 1.73. The summed E-state index contributed by atoms with van der Waals surface area (Å²) >= 11 is 0. The lowest BCUT2D eigenvalue weighted by Crippen LogP contribution is -2.39. The minimum Gasteiger partial charge on any atom is -0.495 e. The van der Waals surface area contributed by atoms with Gasteiger partial charge in [-0.1, -0.05) is 12.2 Å². The van der Waals surface area contributed by atoms with Crippen molar-refractivity contribution in [3.05, 3.63) is 30.4 Å². The Bertz CT molecular complexity index is 1080. The van der Waals surface area contributed by atoms with E-state index in [0.717, 1.165) is 17.4 Å². The van der Waals surface area contributed by atoms with Crippen LogP contribution in [0.15, 0.2) is 35.2 Å². The summed E-state index contributed by atoms with van der Waals surface area (Å²) in [6, 6.07) is 2.29. The summed E-state index contributed by atoms with van der Waals surface area (Å²) in [6.07, 6.45) is 4.53. The number of imide groups is 1. The Morgan fingerprint density at radius 2 is 1.74 bits per heavy atom. The molecule has 1 N–H and O–H groups in total. The van der Waals surface area contributed by atoms with Crippen LogP contribution in [-0.2, 0) is 24.2 Å². The number of fused-ring (bicyclic) bond motifs is 5. The number of rotatable bonds is 5. The maximum atomic E-state index is 12.8. The summed E-state index contributed by atoms with van der Waals surface area (Å²) in [5, 5.41) is 2.24. The lowest BCUT2D eigenvalue weighted by atomic mass is 9.85. The third-order valence-corrected chi connectivity index (χ3v) is 7.41. The normalized spacial score (nSPS) is 27.0. The van der Waals surface area contributed by atoms with E-state index < -0.39 is 56.3 Å². The van der Waals surface area contributed by atoms with Gasteiger partial charge in [0, 0.05) is 0 Å². The molecule has 0 aromatic heterocycles. The fourth-order valence-corrected chi connectivity index (χ4v) is 5.33. The molecule has 3 amide bonds. The molecule has 1 heterocycles. The van der Waals surface area contributed by atoms with E-state index in [2.05, 4.69) is 5.32 Å². The molecular formula is C19H17F3N2O6S. The molecule has 4 atom stereocenters. The van der Waals surface area contributed by atoms with Gasteiger partial charge >= 0.3 is 5.51 Å². The predicted molar refractivity (Wildman–Crippen MR) is 99.3 cm³/mol. The van der Waals surface area contributed by atoms with E-state index in [1.54, 1.807) is 0 Å². The van der Waals surface area contributed by atoms with Gasteiger partial charge in [-0.15, -0.1) is 0 Å². The quantitative estimate of drug-likeness (QED) is 0.532. The number of allylic oxidation sites excluding steroid dienone is 2. The summed E-state index contributed by atoms with van der Waals surface area (Å²) in [4.78, 5) is 37.6. The van der Waals surface area contributed by atoms with Crippen molar-refractivity contribution >= 4 is 33.2 Å². The van der Waals surface area contributed by atoms with Gasteiger partial charge < -0.3 is 10.1 Å². The molecule has 1 saturated heterocycles. The number of hydrogen-bond acceptors (Lipinski definition) is 6. The van der Waals surface area contributed by atoms with Gasteiger partial charge in [0.25, 0.3) is 9.84 Å². The molecule has 12 heteroatoms. The van der Waals surface area contributed by atoms with Crippen LogP contribution in [0.4, 0.5) is 18.9 Å². The summed E-state index contributed by atoms with van der Waals surface area (Å²) in [7, 11) is -4.47. The number of alkyl halides is 3. The van der Waals surface area contributed by atoms with Crippen molar-refractivity contribution in [2.24, 2.45) is 23.7 Å². The first kappa shape index (κ1) is 21.3. The van der Waals surface area contributed by atoms with Gasteiger partial charge in [0.05, 0.1) is 29.5 Å². The molecule has 2 aliphatic carbocycles. The minimum atomic E-state index is -5.65. The van der Waals surface area contributed by atoms with Crippen LogP contribution in [0.5, 0.6) is 5.75 Å². The van der Waals surface area contributed by atoms with Crippen LogP contribution in [0, 0.1) is 23.7 Å².